The summed E-state index contributed by atoms with van der Waals surface area (Å²) in [4.78, 5) is 25.7. The van der Waals surface area contributed by atoms with E-state index in [9.17, 15) is 9.59 Å². The van der Waals surface area contributed by atoms with Crippen LogP contribution >= 0.6 is 0 Å². The summed E-state index contributed by atoms with van der Waals surface area (Å²) in [5.41, 5.74) is 4.37. The van der Waals surface area contributed by atoms with E-state index in [1.807, 2.05) is 13.8 Å². The Morgan fingerprint density at radius 1 is 1.19 bits per heavy atom. The van der Waals surface area contributed by atoms with Gasteiger partial charge in [-0.2, -0.15) is 0 Å². The van der Waals surface area contributed by atoms with Gasteiger partial charge < -0.3 is 14.9 Å². The summed E-state index contributed by atoms with van der Waals surface area (Å²) in [6, 6.07) is 6.22. The number of allylic oxidation sites excluding steroid dienone is 1. The summed E-state index contributed by atoms with van der Waals surface area (Å²) in [6.45, 7) is 10.1. The molecule has 1 heterocycles. The molecule has 5 heteroatoms. The summed E-state index contributed by atoms with van der Waals surface area (Å²) < 4.78 is 0. The second-order valence-electron chi connectivity index (χ2n) is 5.39. The Labute approximate surface area is 124 Å². The highest BCUT2D eigenvalue weighted by Gasteiger charge is 2.26. The molecule has 1 aromatic rings. The molecule has 0 unspecified atom stereocenters. The first-order valence-corrected chi connectivity index (χ1v) is 6.94. The number of piperazine rings is 1. The van der Waals surface area contributed by atoms with Crippen LogP contribution in [0.3, 0.4) is 0 Å². The number of hydrogen-bond acceptors (Lipinski definition) is 3. The summed E-state index contributed by atoms with van der Waals surface area (Å²) in [6.07, 6.45) is 0. The predicted octanol–water partition coefficient (Wildman–Crippen LogP) is 1.76. The van der Waals surface area contributed by atoms with Gasteiger partial charge in [-0.3, -0.25) is 4.79 Å². The normalized spacial score (nSPS) is 15.0. The maximum Gasteiger partial charge on any atom is 0.394 e. The van der Waals surface area contributed by atoms with Crippen LogP contribution in [-0.2, 0) is 9.59 Å². The lowest BCUT2D eigenvalue weighted by Gasteiger charge is -2.36. The minimum atomic E-state index is -1.39. The Balaban J connectivity index is 2.14. The maximum absolute atomic E-state index is 11.5. The zero-order valence-electron chi connectivity index (χ0n) is 12.4. The average Bonchev–Trinajstić information content (AvgIpc) is 2.46. The van der Waals surface area contributed by atoms with Gasteiger partial charge in [-0.05, 0) is 31.6 Å². The molecular weight excluding hydrogens is 268 g/mol. The van der Waals surface area contributed by atoms with Gasteiger partial charge in [0.25, 0.3) is 0 Å². The van der Waals surface area contributed by atoms with Crippen molar-refractivity contribution in [3.8, 4) is 0 Å². The number of anilines is 1. The topological polar surface area (TPSA) is 60.9 Å². The second-order valence-corrected chi connectivity index (χ2v) is 5.39. The lowest BCUT2D eigenvalue weighted by Crippen LogP contribution is -2.50. The van der Waals surface area contributed by atoms with Gasteiger partial charge in [0.1, 0.15) is 0 Å². The van der Waals surface area contributed by atoms with Crippen molar-refractivity contribution < 1.29 is 14.7 Å². The van der Waals surface area contributed by atoms with Crippen LogP contribution in [0.25, 0.3) is 5.57 Å². The van der Waals surface area contributed by atoms with Crippen molar-refractivity contribution in [3.63, 3.8) is 0 Å². The van der Waals surface area contributed by atoms with Gasteiger partial charge >= 0.3 is 11.9 Å². The van der Waals surface area contributed by atoms with Crippen LogP contribution in [0, 0.1) is 6.92 Å². The number of hydrogen-bond donors (Lipinski definition) is 1. The zero-order chi connectivity index (χ0) is 15.6. The van der Waals surface area contributed by atoms with Crippen LogP contribution in [0.2, 0.25) is 0 Å². The zero-order valence-corrected chi connectivity index (χ0v) is 12.4. The molecule has 1 saturated heterocycles. The third kappa shape index (κ3) is 3.24. The Kier molecular flexibility index (Phi) is 4.31. The largest absolute Gasteiger partial charge is 0.474 e. The third-order valence-electron chi connectivity index (χ3n) is 3.70. The summed E-state index contributed by atoms with van der Waals surface area (Å²) >= 11 is 0. The first-order valence-electron chi connectivity index (χ1n) is 6.94. The summed E-state index contributed by atoms with van der Waals surface area (Å²) in [7, 11) is 0. The lowest BCUT2D eigenvalue weighted by atomic mass is 10.0. The number of carbonyl (C=O) groups excluding carboxylic acids is 1. The van der Waals surface area contributed by atoms with Crippen molar-refractivity contribution in [1.29, 1.82) is 0 Å². The molecule has 0 aromatic heterocycles. The van der Waals surface area contributed by atoms with Crippen LogP contribution in [0.5, 0.6) is 0 Å². The van der Waals surface area contributed by atoms with Crippen LogP contribution in [-0.4, -0.2) is 48.1 Å². The Hall–Kier alpha value is -2.30. The number of carboxylic acid groups (broad SMARTS) is 1. The molecule has 112 valence electrons. The van der Waals surface area contributed by atoms with E-state index in [2.05, 4.69) is 29.7 Å². The molecule has 0 spiro atoms. The molecule has 5 nitrogen and oxygen atoms in total. The number of aliphatic carboxylic acids is 1. The molecule has 0 saturated carbocycles. The number of carboxylic acids is 1. The fraction of sp³-hybridized carbons (Fsp3) is 0.375. The number of carbonyl (C=O) groups is 2. The first kappa shape index (κ1) is 15.1. The van der Waals surface area contributed by atoms with Crippen molar-refractivity contribution in [2.45, 2.75) is 13.8 Å². The van der Waals surface area contributed by atoms with E-state index in [1.54, 1.807) is 0 Å². The van der Waals surface area contributed by atoms with Gasteiger partial charge in [0.2, 0.25) is 0 Å². The van der Waals surface area contributed by atoms with E-state index in [0.29, 0.717) is 26.2 Å². The Morgan fingerprint density at radius 3 is 2.33 bits per heavy atom. The molecule has 0 aliphatic carbocycles. The maximum atomic E-state index is 11.5. The average molecular weight is 288 g/mol. The molecule has 1 amide bonds. The minimum absolute atomic E-state index is 0.425. The molecule has 0 bridgehead atoms. The van der Waals surface area contributed by atoms with Crippen molar-refractivity contribution in [2.24, 2.45) is 0 Å². The Morgan fingerprint density at radius 2 is 1.81 bits per heavy atom. The number of benzene rings is 1. The minimum Gasteiger partial charge on any atom is -0.474 e. The molecule has 0 radical (unpaired) electrons. The summed E-state index contributed by atoms with van der Waals surface area (Å²) in [5, 5.41) is 8.75. The van der Waals surface area contributed by atoms with Gasteiger partial charge in [-0.25, -0.2) is 4.79 Å². The highest BCUT2D eigenvalue weighted by molar-refractivity contribution is 6.31. The predicted molar refractivity (Wildman–Crippen MR) is 82.3 cm³/mol. The van der Waals surface area contributed by atoms with E-state index >= 15 is 0 Å². The number of nitrogens with zero attached hydrogens (tertiary/aromatic N) is 2. The van der Waals surface area contributed by atoms with Crippen molar-refractivity contribution in [1.82, 2.24) is 4.90 Å². The van der Waals surface area contributed by atoms with E-state index in [4.69, 9.17) is 5.11 Å². The van der Waals surface area contributed by atoms with E-state index in [-0.39, 0.29) is 0 Å². The smallest absolute Gasteiger partial charge is 0.394 e. The van der Waals surface area contributed by atoms with Crippen molar-refractivity contribution >= 4 is 23.1 Å². The SMILES string of the molecule is C=C(C)c1cc(C)ccc1N1CCN(C(=O)C(=O)O)CC1. The van der Waals surface area contributed by atoms with Gasteiger partial charge in [0.15, 0.2) is 0 Å². The van der Waals surface area contributed by atoms with Gasteiger partial charge in [0.05, 0.1) is 0 Å². The van der Waals surface area contributed by atoms with Gasteiger partial charge in [0, 0.05) is 37.4 Å². The van der Waals surface area contributed by atoms with Crippen LogP contribution in [0.15, 0.2) is 24.8 Å². The molecule has 0 atom stereocenters. The fourth-order valence-electron chi connectivity index (χ4n) is 2.55. The van der Waals surface area contributed by atoms with E-state index in [1.165, 1.54) is 10.5 Å². The fourth-order valence-corrected chi connectivity index (χ4v) is 2.55. The quantitative estimate of drug-likeness (QED) is 0.842. The highest BCUT2D eigenvalue weighted by Crippen LogP contribution is 2.28. The van der Waals surface area contributed by atoms with Crippen LogP contribution in [0.4, 0.5) is 5.69 Å². The molecule has 1 aliphatic rings. The van der Waals surface area contributed by atoms with E-state index in [0.717, 1.165) is 16.8 Å². The van der Waals surface area contributed by atoms with E-state index < -0.39 is 11.9 Å². The molecule has 1 aromatic carbocycles. The monoisotopic (exact) mass is 288 g/mol. The number of aryl methyl sites for hydroxylation is 1. The Bertz CT molecular complexity index is 587. The molecule has 1 aliphatic heterocycles. The van der Waals surface area contributed by atoms with Gasteiger partial charge in [-0.1, -0.05) is 18.2 Å². The van der Waals surface area contributed by atoms with Crippen molar-refractivity contribution in [2.75, 3.05) is 31.1 Å². The first-order chi connectivity index (χ1) is 9.90. The number of amides is 1. The van der Waals surface area contributed by atoms with Gasteiger partial charge in [-0.15, -0.1) is 0 Å². The summed E-state index contributed by atoms with van der Waals surface area (Å²) in [5.74, 6) is -2.21. The highest BCUT2D eigenvalue weighted by atomic mass is 16.4. The second kappa shape index (κ2) is 5.99. The molecular formula is C16H20N2O3. The number of rotatable bonds is 2. The molecule has 1 fully saturated rings. The molecule has 2 rings (SSSR count). The van der Waals surface area contributed by atoms with Crippen LogP contribution < -0.4 is 4.90 Å². The lowest BCUT2D eigenvalue weighted by molar-refractivity contribution is -0.156. The molecule has 1 N–H and O–H groups in total. The van der Waals surface area contributed by atoms with Crippen molar-refractivity contribution in [3.05, 3.63) is 35.9 Å². The van der Waals surface area contributed by atoms with Crippen LogP contribution in [0.1, 0.15) is 18.1 Å². The standard InChI is InChI=1S/C16H20N2O3/c1-11(2)13-10-12(3)4-5-14(13)17-6-8-18(9-7-17)15(19)16(20)21/h4-5,10H,1,6-9H2,2-3H3,(H,20,21). The molecule has 21 heavy (non-hydrogen) atoms. The third-order valence-corrected chi connectivity index (χ3v) is 3.70.